The number of ether oxygens (including phenoxy) is 2. The van der Waals surface area contributed by atoms with Gasteiger partial charge in [0.25, 0.3) is 0 Å². The standard InChI is InChI=1S/C88H152NO8P/c1-6-8-10-12-14-16-18-20-22-24-26-28-30-32-34-36-38-40-42-43-44-45-47-49-51-53-55-57-59-61-63-65-67-69-71-73-75-77-79-81-88(91)97-86(85-96-98(92,93)95-83-82-89(3,4)5)84-94-87(90)80-78-76-74-72-70-68-66-64-62-60-58-56-54-52-50-48-46-41-39-37-35-33-31-29-27-25-23-21-19-17-15-13-11-9-7-2/h8,10,14,16,20,22,25-28,32,34,38,40,43-44,47,49,53,55,59,61,65,67,86H,6-7,9,11-13,15,17-19,21,23-24,29-31,33,35-37,39,41-42,45-46,48,50-52,54,56-58,60,62-64,66,68-85H2,1-5H3/p+1/b10-8-,16-14-,22-20-,27-25-,28-26-,34-32-,40-38-,44-43-,49-47-,55-53-,61-59-,67-65-. The maximum absolute atomic E-state index is 12.9. The van der Waals surface area contributed by atoms with Crippen molar-refractivity contribution in [3.05, 3.63) is 146 Å². The number of likely N-dealkylation sites (N-methyl/N-ethyl adjacent to an activating group) is 1. The monoisotopic (exact) mass is 1380 g/mol. The number of phosphoric acid groups is 1. The van der Waals surface area contributed by atoms with E-state index in [0.717, 1.165) is 122 Å². The normalized spacial score (nSPS) is 13.8. The van der Waals surface area contributed by atoms with Crippen LogP contribution in [0.25, 0.3) is 0 Å². The molecule has 0 aromatic carbocycles. The van der Waals surface area contributed by atoms with Gasteiger partial charge in [-0.25, -0.2) is 4.57 Å². The van der Waals surface area contributed by atoms with E-state index in [1.807, 2.05) is 21.1 Å². The van der Waals surface area contributed by atoms with Gasteiger partial charge in [-0.05, 0) is 122 Å². The van der Waals surface area contributed by atoms with Gasteiger partial charge in [-0.15, -0.1) is 0 Å². The van der Waals surface area contributed by atoms with Gasteiger partial charge in [0.05, 0.1) is 27.7 Å². The second kappa shape index (κ2) is 77.1. The molecule has 0 saturated heterocycles. The fourth-order valence-corrected chi connectivity index (χ4v) is 11.9. The second-order valence-electron chi connectivity index (χ2n) is 28.1. The molecular formula is C88H153NO8P+. The molecule has 9 nitrogen and oxygen atoms in total. The first-order chi connectivity index (χ1) is 48.0. The first-order valence-electron chi connectivity index (χ1n) is 40.6. The van der Waals surface area contributed by atoms with E-state index in [4.69, 9.17) is 18.5 Å². The largest absolute Gasteiger partial charge is 0.472 e. The second-order valence-corrected chi connectivity index (χ2v) is 29.5. The van der Waals surface area contributed by atoms with E-state index in [0.29, 0.717) is 17.4 Å². The lowest BCUT2D eigenvalue weighted by molar-refractivity contribution is -0.870. The topological polar surface area (TPSA) is 108 Å². The van der Waals surface area contributed by atoms with Crippen molar-refractivity contribution in [1.29, 1.82) is 0 Å². The molecule has 98 heavy (non-hydrogen) atoms. The van der Waals surface area contributed by atoms with E-state index >= 15 is 0 Å². The summed E-state index contributed by atoms with van der Waals surface area (Å²) in [6.07, 6.45) is 114. The number of phosphoric ester groups is 1. The SMILES string of the molecule is CC/C=C\C/C=C\C/C=C\C/C=C\C/C=C\C/C=C\C/C=C\C/C=C\C/C=C\C/C=C\C/C=C\CCCCCCCC(=O)OC(COC(=O)CCCCCCCCCCCCCCCCCCCCCCCCC/C=C\CCCCCCCCCC)COP(=O)(O)OCC[N+](C)(C)C. The van der Waals surface area contributed by atoms with Crippen LogP contribution in [0.5, 0.6) is 0 Å². The Labute approximate surface area is 605 Å². The molecule has 1 N–H and O–H groups in total. The zero-order valence-electron chi connectivity index (χ0n) is 64.2. The lowest BCUT2D eigenvalue weighted by Crippen LogP contribution is -2.37. The van der Waals surface area contributed by atoms with E-state index in [9.17, 15) is 19.0 Å². The van der Waals surface area contributed by atoms with Crippen LogP contribution in [-0.2, 0) is 32.7 Å². The highest BCUT2D eigenvalue weighted by atomic mass is 31.2. The Bertz CT molecular complexity index is 2170. The van der Waals surface area contributed by atoms with Crippen LogP contribution < -0.4 is 0 Å². The average Bonchev–Trinajstić information content (AvgIpc) is 1.23. The Hall–Kier alpha value is -4.11. The number of allylic oxidation sites excluding steroid dienone is 24. The Balaban J connectivity index is 4.05. The first kappa shape index (κ1) is 93.9. The van der Waals surface area contributed by atoms with Crippen LogP contribution in [0.2, 0.25) is 0 Å². The molecule has 0 aromatic heterocycles. The zero-order valence-corrected chi connectivity index (χ0v) is 65.1. The van der Waals surface area contributed by atoms with Crippen molar-refractivity contribution >= 4 is 19.8 Å². The van der Waals surface area contributed by atoms with Crippen LogP contribution in [-0.4, -0.2) is 74.9 Å². The highest BCUT2D eigenvalue weighted by Gasteiger charge is 2.27. The summed E-state index contributed by atoms with van der Waals surface area (Å²) in [7, 11) is 1.46. The predicted octanol–water partition coefficient (Wildman–Crippen LogP) is 27.3. The average molecular weight is 1380 g/mol. The molecule has 0 spiro atoms. The Morgan fingerprint density at radius 3 is 0.878 bits per heavy atom. The summed E-state index contributed by atoms with van der Waals surface area (Å²) in [6, 6.07) is 0. The van der Waals surface area contributed by atoms with Crippen molar-refractivity contribution in [3.63, 3.8) is 0 Å². The number of esters is 2. The van der Waals surface area contributed by atoms with Crippen LogP contribution >= 0.6 is 7.82 Å². The van der Waals surface area contributed by atoms with Gasteiger partial charge in [0.15, 0.2) is 6.10 Å². The number of carbonyl (C=O) groups is 2. The molecule has 10 heteroatoms. The molecule has 0 aliphatic rings. The van der Waals surface area contributed by atoms with Gasteiger partial charge in [0, 0.05) is 12.8 Å². The van der Waals surface area contributed by atoms with Crippen LogP contribution in [0.3, 0.4) is 0 Å². The molecule has 0 bridgehead atoms. The van der Waals surface area contributed by atoms with Crippen molar-refractivity contribution in [1.82, 2.24) is 0 Å². The number of rotatable bonds is 74. The number of hydrogen-bond acceptors (Lipinski definition) is 7. The maximum atomic E-state index is 12.9. The van der Waals surface area contributed by atoms with Crippen molar-refractivity contribution in [2.75, 3.05) is 47.5 Å². The molecule has 0 rings (SSSR count). The van der Waals surface area contributed by atoms with E-state index in [1.54, 1.807) is 0 Å². The number of unbranched alkanes of at least 4 members (excludes halogenated alkanes) is 36. The minimum atomic E-state index is -4.41. The third-order valence-electron chi connectivity index (χ3n) is 17.4. The van der Waals surface area contributed by atoms with Crippen LogP contribution in [0.4, 0.5) is 0 Å². The summed E-state index contributed by atoms with van der Waals surface area (Å²) in [5, 5.41) is 0. The molecule has 0 aliphatic carbocycles. The number of quaternary nitrogens is 1. The summed E-state index contributed by atoms with van der Waals surface area (Å²) < 4.78 is 34.8. The van der Waals surface area contributed by atoms with Gasteiger partial charge >= 0.3 is 19.8 Å². The summed E-state index contributed by atoms with van der Waals surface area (Å²) in [4.78, 5) is 36.0. The molecule has 0 radical (unpaired) electrons. The van der Waals surface area contributed by atoms with E-state index in [2.05, 4.69) is 160 Å². The molecule has 0 saturated carbocycles. The van der Waals surface area contributed by atoms with Gasteiger partial charge < -0.3 is 18.9 Å². The molecule has 0 heterocycles. The minimum Gasteiger partial charge on any atom is -0.462 e. The van der Waals surface area contributed by atoms with Gasteiger partial charge in [0.2, 0.25) is 0 Å². The zero-order chi connectivity index (χ0) is 71.1. The van der Waals surface area contributed by atoms with Gasteiger partial charge in [0.1, 0.15) is 19.8 Å². The highest BCUT2D eigenvalue weighted by molar-refractivity contribution is 7.47. The van der Waals surface area contributed by atoms with E-state index in [-0.39, 0.29) is 32.0 Å². The summed E-state index contributed by atoms with van der Waals surface area (Å²) in [6.45, 7) is 4.32. The van der Waals surface area contributed by atoms with Gasteiger partial charge in [-0.2, -0.15) is 0 Å². The maximum Gasteiger partial charge on any atom is 0.472 e. The quantitative estimate of drug-likeness (QED) is 0.0211. The molecule has 0 amide bonds. The lowest BCUT2D eigenvalue weighted by atomic mass is 10.0. The molecule has 562 valence electrons. The third-order valence-corrected chi connectivity index (χ3v) is 18.3. The number of carbonyl (C=O) groups excluding carboxylic acids is 2. The smallest absolute Gasteiger partial charge is 0.462 e. The lowest BCUT2D eigenvalue weighted by Gasteiger charge is -2.24. The van der Waals surface area contributed by atoms with Crippen LogP contribution in [0.1, 0.15) is 348 Å². The molecular weight excluding hydrogens is 1230 g/mol. The summed E-state index contributed by atoms with van der Waals surface area (Å²) >= 11 is 0. The Morgan fingerprint density at radius 2 is 0.582 bits per heavy atom. The summed E-state index contributed by atoms with van der Waals surface area (Å²) in [5.41, 5.74) is 0. The molecule has 0 aliphatic heterocycles. The fourth-order valence-electron chi connectivity index (χ4n) is 11.2. The summed E-state index contributed by atoms with van der Waals surface area (Å²) in [5.74, 6) is -0.816. The van der Waals surface area contributed by atoms with Crippen LogP contribution in [0, 0.1) is 0 Å². The highest BCUT2D eigenvalue weighted by Crippen LogP contribution is 2.43. The van der Waals surface area contributed by atoms with Crippen molar-refractivity contribution < 1.29 is 42.1 Å². The predicted molar refractivity (Wildman–Crippen MR) is 427 cm³/mol. The number of nitrogens with zero attached hydrogens (tertiary/aromatic N) is 1. The molecule has 2 atom stereocenters. The Kier molecular flexibility index (Phi) is 73.8. The van der Waals surface area contributed by atoms with Crippen molar-refractivity contribution in [2.45, 2.75) is 354 Å². The fraction of sp³-hybridized carbons (Fsp3) is 0.705. The molecule has 2 unspecified atom stereocenters. The molecule has 0 fully saturated rings. The van der Waals surface area contributed by atoms with Gasteiger partial charge in [-0.3, -0.25) is 18.6 Å². The first-order valence-corrected chi connectivity index (χ1v) is 42.1. The molecule has 0 aromatic rings. The Morgan fingerprint density at radius 1 is 0.327 bits per heavy atom. The van der Waals surface area contributed by atoms with Crippen molar-refractivity contribution in [3.8, 4) is 0 Å². The van der Waals surface area contributed by atoms with E-state index in [1.165, 1.54) is 193 Å². The minimum absolute atomic E-state index is 0.0219. The van der Waals surface area contributed by atoms with E-state index < -0.39 is 26.5 Å². The third kappa shape index (κ3) is 80.9. The van der Waals surface area contributed by atoms with Crippen molar-refractivity contribution in [2.24, 2.45) is 0 Å². The number of hydrogen-bond donors (Lipinski definition) is 1. The van der Waals surface area contributed by atoms with Crippen LogP contribution in [0.15, 0.2) is 146 Å². The van der Waals surface area contributed by atoms with Gasteiger partial charge in [-0.1, -0.05) is 359 Å².